The van der Waals surface area contributed by atoms with E-state index in [9.17, 15) is 9.70 Å². The zero-order valence-electron chi connectivity index (χ0n) is 14.8. The average Bonchev–Trinajstić information content (AvgIpc) is 2.72. The summed E-state index contributed by atoms with van der Waals surface area (Å²) in [6, 6.07) is 18.6. The molecule has 8 nitrogen and oxygen atoms in total. The molecule has 0 bridgehead atoms. The minimum absolute atomic E-state index is 0.103. The molecule has 0 saturated heterocycles. The van der Waals surface area contributed by atoms with Crippen LogP contribution < -0.4 is 15.8 Å². The van der Waals surface area contributed by atoms with E-state index in [2.05, 4.69) is 20.5 Å². The lowest BCUT2D eigenvalue weighted by Gasteiger charge is -2.10. The van der Waals surface area contributed by atoms with Crippen molar-refractivity contribution < 1.29 is 9.53 Å². The first-order valence-electron chi connectivity index (χ1n) is 8.37. The monoisotopic (exact) mass is 375 g/mol. The van der Waals surface area contributed by atoms with Crippen LogP contribution in [-0.2, 0) is 11.4 Å². The van der Waals surface area contributed by atoms with Gasteiger partial charge in [0.2, 0.25) is 17.5 Å². The van der Waals surface area contributed by atoms with Gasteiger partial charge in [0.1, 0.15) is 6.61 Å². The first kappa shape index (κ1) is 18.7. The van der Waals surface area contributed by atoms with Crippen LogP contribution in [0.2, 0.25) is 0 Å². The number of nitrogens with two attached hydrogens (primary N) is 1. The van der Waals surface area contributed by atoms with Crippen molar-refractivity contribution >= 4 is 29.4 Å². The molecule has 0 atom stereocenters. The van der Waals surface area contributed by atoms with Gasteiger partial charge < -0.3 is 15.8 Å². The number of benzene rings is 2. The number of carbonyl (C=O) groups excluding carboxylic acids is 1. The molecule has 2 aromatic carbocycles. The van der Waals surface area contributed by atoms with Gasteiger partial charge in [0.05, 0.1) is 0 Å². The predicted molar refractivity (Wildman–Crippen MR) is 107 cm³/mol. The standard InChI is InChI=1S/C20H17N5O3/c21-20-23-18(22-16(26)12-11-14-7-3-1-4-8-14)17(25-27)19(24-20)28-13-15-9-5-2-6-10-15/h1-12H,13H2,(H3,21,22,23,24,26)/b12-11+. The molecule has 3 rings (SSSR count). The van der Waals surface area contributed by atoms with Crippen molar-refractivity contribution in [1.82, 2.24) is 9.97 Å². The number of hydrogen-bond donors (Lipinski definition) is 2. The highest BCUT2D eigenvalue weighted by Crippen LogP contribution is 2.33. The van der Waals surface area contributed by atoms with Crippen molar-refractivity contribution in [2.75, 3.05) is 11.1 Å². The van der Waals surface area contributed by atoms with Crippen LogP contribution >= 0.6 is 0 Å². The SMILES string of the molecule is Nc1nc(NC(=O)/C=C/c2ccccc2)c(N=O)c(OCc2ccccc2)n1. The Morgan fingerprint density at radius 3 is 2.43 bits per heavy atom. The van der Waals surface area contributed by atoms with Crippen molar-refractivity contribution in [3.8, 4) is 5.88 Å². The van der Waals surface area contributed by atoms with Gasteiger partial charge in [-0.1, -0.05) is 60.7 Å². The second kappa shape index (κ2) is 9.04. The van der Waals surface area contributed by atoms with E-state index in [1.807, 2.05) is 60.7 Å². The largest absolute Gasteiger partial charge is 0.471 e. The number of amides is 1. The molecular weight excluding hydrogens is 358 g/mol. The molecule has 0 aliphatic rings. The lowest BCUT2D eigenvalue weighted by molar-refractivity contribution is -0.111. The number of aromatic nitrogens is 2. The number of carbonyl (C=O) groups is 1. The van der Waals surface area contributed by atoms with Gasteiger partial charge in [0.25, 0.3) is 5.88 Å². The third-order valence-corrected chi connectivity index (χ3v) is 3.65. The molecule has 1 heterocycles. The fourth-order valence-corrected chi connectivity index (χ4v) is 2.34. The highest BCUT2D eigenvalue weighted by Gasteiger charge is 2.17. The Kier molecular flexibility index (Phi) is 6.04. The van der Waals surface area contributed by atoms with Crippen LogP contribution in [0.3, 0.4) is 0 Å². The Morgan fingerprint density at radius 2 is 1.75 bits per heavy atom. The van der Waals surface area contributed by atoms with Gasteiger partial charge in [-0.05, 0) is 22.4 Å². The van der Waals surface area contributed by atoms with Gasteiger partial charge in [0, 0.05) is 6.08 Å². The summed E-state index contributed by atoms with van der Waals surface area (Å²) < 4.78 is 5.55. The maximum atomic E-state index is 12.2. The maximum Gasteiger partial charge on any atom is 0.251 e. The minimum atomic E-state index is -0.499. The van der Waals surface area contributed by atoms with Crippen LogP contribution in [0.25, 0.3) is 6.08 Å². The zero-order chi connectivity index (χ0) is 19.8. The molecule has 1 amide bonds. The number of ether oxygens (including phenoxy) is 1. The van der Waals surface area contributed by atoms with E-state index in [1.54, 1.807) is 6.08 Å². The van der Waals surface area contributed by atoms with Gasteiger partial charge in [0.15, 0.2) is 5.82 Å². The number of nitrogens with zero attached hydrogens (tertiary/aromatic N) is 3. The third-order valence-electron chi connectivity index (χ3n) is 3.65. The number of hydrogen-bond acceptors (Lipinski definition) is 7. The van der Waals surface area contributed by atoms with Crippen molar-refractivity contribution in [3.05, 3.63) is 82.8 Å². The summed E-state index contributed by atoms with van der Waals surface area (Å²) in [6.07, 6.45) is 2.94. The summed E-state index contributed by atoms with van der Waals surface area (Å²) in [5, 5.41) is 5.38. The van der Waals surface area contributed by atoms with E-state index in [0.29, 0.717) is 0 Å². The third kappa shape index (κ3) is 4.98. The molecule has 0 aliphatic carbocycles. The molecule has 0 spiro atoms. The summed E-state index contributed by atoms with van der Waals surface area (Å²) >= 11 is 0. The summed E-state index contributed by atoms with van der Waals surface area (Å²) in [5.74, 6) is -0.874. The van der Waals surface area contributed by atoms with E-state index < -0.39 is 5.91 Å². The molecule has 8 heteroatoms. The van der Waals surface area contributed by atoms with Crippen LogP contribution in [0.4, 0.5) is 17.5 Å². The van der Waals surface area contributed by atoms with Gasteiger partial charge >= 0.3 is 0 Å². The van der Waals surface area contributed by atoms with Crippen molar-refractivity contribution in [3.63, 3.8) is 0 Å². The van der Waals surface area contributed by atoms with Gasteiger partial charge in [-0.2, -0.15) is 9.97 Å². The van der Waals surface area contributed by atoms with E-state index >= 15 is 0 Å². The Labute approximate surface area is 161 Å². The second-order valence-electron chi connectivity index (χ2n) is 5.68. The molecule has 3 aromatic rings. The van der Waals surface area contributed by atoms with Crippen molar-refractivity contribution in [1.29, 1.82) is 0 Å². The first-order valence-corrected chi connectivity index (χ1v) is 8.37. The molecule has 0 radical (unpaired) electrons. The molecule has 140 valence electrons. The summed E-state index contributed by atoms with van der Waals surface area (Å²) in [5.41, 5.74) is 7.16. The zero-order valence-corrected chi connectivity index (χ0v) is 14.8. The van der Waals surface area contributed by atoms with E-state index in [0.717, 1.165) is 11.1 Å². The normalized spacial score (nSPS) is 10.6. The predicted octanol–water partition coefficient (Wildman–Crippen LogP) is 3.69. The number of anilines is 2. The highest BCUT2D eigenvalue weighted by molar-refractivity contribution is 6.03. The van der Waals surface area contributed by atoms with Crippen LogP contribution in [0, 0.1) is 4.91 Å². The lowest BCUT2D eigenvalue weighted by Crippen LogP contribution is -2.12. The fourth-order valence-electron chi connectivity index (χ4n) is 2.34. The lowest BCUT2D eigenvalue weighted by atomic mass is 10.2. The topological polar surface area (TPSA) is 120 Å². The van der Waals surface area contributed by atoms with Gasteiger partial charge in [-0.25, -0.2) is 0 Å². The number of rotatable bonds is 7. The van der Waals surface area contributed by atoms with E-state index in [1.165, 1.54) is 6.08 Å². The first-order chi connectivity index (χ1) is 13.7. The molecule has 0 fully saturated rings. The van der Waals surface area contributed by atoms with Crippen LogP contribution in [0.5, 0.6) is 5.88 Å². The molecular formula is C20H17N5O3. The van der Waals surface area contributed by atoms with Crippen LogP contribution in [0.15, 0.2) is 71.9 Å². The molecule has 0 saturated carbocycles. The van der Waals surface area contributed by atoms with Crippen molar-refractivity contribution in [2.24, 2.45) is 5.18 Å². The molecule has 3 N–H and O–H groups in total. The number of nitrogens with one attached hydrogen (secondary N) is 1. The smallest absolute Gasteiger partial charge is 0.251 e. The molecule has 0 aliphatic heterocycles. The van der Waals surface area contributed by atoms with E-state index in [-0.39, 0.29) is 29.9 Å². The maximum absolute atomic E-state index is 12.2. The Balaban J connectivity index is 1.76. The fraction of sp³-hybridized carbons (Fsp3) is 0.0500. The van der Waals surface area contributed by atoms with Crippen LogP contribution in [0.1, 0.15) is 11.1 Å². The van der Waals surface area contributed by atoms with Crippen molar-refractivity contribution in [2.45, 2.75) is 6.61 Å². The molecule has 1 aromatic heterocycles. The Bertz CT molecular complexity index is 991. The Morgan fingerprint density at radius 1 is 1.07 bits per heavy atom. The second-order valence-corrected chi connectivity index (χ2v) is 5.68. The number of nitroso groups, excluding NO2 is 1. The van der Waals surface area contributed by atoms with E-state index in [4.69, 9.17) is 10.5 Å². The number of nitrogen functional groups attached to an aromatic ring is 1. The quantitative estimate of drug-likeness (QED) is 0.480. The highest BCUT2D eigenvalue weighted by atomic mass is 16.5. The van der Waals surface area contributed by atoms with Crippen LogP contribution in [-0.4, -0.2) is 15.9 Å². The van der Waals surface area contributed by atoms with Gasteiger partial charge in [-0.15, -0.1) is 4.91 Å². The summed E-state index contributed by atoms with van der Waals surface area (Å²) in [7, 11) is 0. The minimum Gasteiger partial charge on any atom is -0.471 e. The molecule has 0 unspecified atom stereocenters. The Hall–Kier alpha value is -4.07. The van der Waals surface area contributed by atoms with Gasteiger partial charge in [-0.3, -0.25) is 4.79 Å². The summed E-state index contributed by atoms with van der Waals surface area (Å²) in [4.78, 5) is 31.3. The average molecular weight is 375 g/mol. The molecule has 28 heavy (non-hydrogen) atoms. The summed E-state index contributed by atoms with van der Waals surface area (Å²) in [6.45, 7) is 0.154.